The van der Waals surface area contributed by atoms with Crippen molar-refractivity contribution in [3.05, 3.63) is 83.2 Å². The van der Waals surface area contributed by atoms with Gasteiger partial charge in [-0.2, -0.15) is 5.10 Å². The van der Waals surface area contributed by atoms with Gasteiger partial charge in [0, 0.05) is 29.6 Å². The average Bonchev–Trinajstić information content (AvgIpc) is 3.19. The first-order valence-corrected chi connectivity index (χ1v) is 8.01. The summed E-state index contributed by atoms with van der Waals surface area (Å²) >= 11 is 0. The van der Waals surface area contributed by atoms with Crippen LogP contribution in [-0.4, -0.2) is 29.8 Å². The van der Waals surface area contributed by atoms with Gasteiger partial charge in [-0.15, -0.1) is 0 Å². The van der Waals surface area contributed by atoms with Gasteiger partial charge in [0.05, 0.1) is 24.6 Å². The van der Waals surface area contributed by atoms with Gasteiger partial charge in [0.15, 0.2) is 11.6 Å². The zero-order chi connectivity index (χ0) is 17.9. The summed E-state index contributed by atoms with van der Waals surface area (Å²) in [5.41, 5.74) is 3.18. The topological polar surface area (TPSA) is 96.7 Å². The second kappa shape index (κ2) is 6.64. The molecule has 0 spiro atoms. The highest BCUT2D eigenvalue weighted by Crippen LogP contribution is 2.18. The van der Waals surface area contributed by atoms with Crippen molar-refractivity contribution in [3.63, 3.8) is 0 Å². The molecule has 0 aliphatic rings. The molecule has 0 unspecified atom stereocenters. The van der Waals surface area contributed by atoms with E-state index < -0.39 is 0 Å². The number of aromatic hydroxyl groups is 1. The van der Waals surface area contributed by atoms with Gasteiger partial charge in [-0.05, 0) is 23.8 Å². The molecule has 4 aromatic rings. The lowest BCUT2D eigenvalue weighted by Crippen LogP contribution is -2.22. The predicted molar refractivity (Wildman–Crippen MR) is 96.5 cm³/mol. The molecule has 1 aromatic carbocycles. The van der Waals surface area contributed by atoms with Crippen LogP contribution in [0.1, 0.15) is 5.56 Å². The van der Waals surface area contributed by atoms with Crippen molar-refractivity contribution in [3.8, 4) is 28.4 Å². The van der Waals surface area contributed by atoms with Crippen molar-refractivity contribution in [2.75, 3.05) is 0 Å². The van der Waals surface area contributed by atoms with Crippen molar-refractivity contribution < 1.29 is 5.11 Å². The number of aromatic amines is 1. The predicted octanol–water partition coefficient (Wildman–Crippen LogP) is 2.45. The Morgan fingerprint density at radius 2 is 1.88 bits per heavy atom. The molecule has 7 heteroatoms. The maximum Gasteiger partial charge on any atom is 0.267 e. The third-order valence-electron chi connectivity index (χ3n) is 3.92. The zero-order valence-corrected chi connectivity index (χ0v) is 13.7. The molecule has 7 nitrogen and oxygen atoms in total. The molecule has 2 N–H and O–H groups in total. The van der Waals surface area contributed by atoms with Crippen LogP contribution in [0.2, 0.25) is 0 Å². The van der Waals surface area contributed by atoms with Gasteiger partial charge in [-0.1, -0.05) is 18.2 Å². The maximum absolute atomic E-state index is 12.2. The molecule has 0 aliphatic carbocycles. The van der Waals surface area contributed by atoms with Crippen LogP contribution < -0.4 is 5.56 Å². The quantitative estimate of drug-likeness (QED) is 0.592. The van der Waals surface area contributed by atoms with Crippen LogP contribution in [0, 0.1) is 0 Å². The summed E-state index contributed by atoms with van der Waals surface area (Å²) in [6, 6.07) is 12.7. The summed E-state index contributed by atoms with van der Waals surface area (Å²) in [5.74, 6) is 0.522. The van der Waals surface area contributed by atoms with Crippen molar-refractivity contribution in [2.45, 2.75) is 6.54 Å². The van der Waals surface area contributed by atoms with Crippen molar-refractivity contribution in [1.82, 2.24) is 24.7 Å². The van der Waals surface area contributed by atoms with Crippen LogP contribution in [0.4, 0.5) is 0 Å². The van der Waals surface area contributed by atoms with E-state index in [0.29, 0.717) is 12.4 Å². The van der Waals surface area contributed by atoms with E-state index in [2.05, 4.69) is 20.1 Å². The van der Waals surface area contributed by atoms with E-state index in [9.17, 15) is 9.90 Å². The summed E-state index contributed by atoms with van der Waals surface area (Å²) in [6.45, 7) is 0.336. The molecule has 0 bridgehead atoms. The smallest absolute Gasteiger partial charge is 0.267 e. The van der Waals surface area contributed by atoms with E-state index in [1.165, 1.54) is 23.1 Å². The van der Waals surface area contributed by atoms with Gasteiger partial charge in [0.2, 0.25) is 0 Å². The summed E-state index contributed by atoms with van der Waals surface area (Å²) in [6.07, 6.45) is 6.34. The molecule has 0 fully saturated rings. The Balaban J connectivity index is 1.65. The molecule has 3 heterocycles. The Labute approximate surface area is 148 Å². The van der Waals surface area contributed by atoms with Crippen LogP contribution in [0.25, 0.3) is 22.6 Å². The Bertz CT molecular complexity index is 1090. The number of hydrogen-bond acceptors (Lipinski definition) is 5. The molecule has 0 saturated heterocycles. The molecule has 128 valence electrons. The van der Waals surface area contributed by atoms with Gasteiger partial charge < -0.3 is 10.1 Å². The highest BCUT2D eigenvalue weighted by molar-refractivity contribution is 5.57. The van der Waals surface area contributed by atoms with Crippen LogP contribution in [0.3, 0.4) is 0 Å². The highest BCUT2D eigenvalue weighted by atomic mass is 16.3. The minimum absolute atomic E-state index is 0.0160. The number of aromatic nitrogens is 5. The van der Waals surface area contributed by atoms with E-state index >= 15 is 0 Å². The lowest BCUT2D eigenvalue weighted by Gasteiger charge is -2.08. The maximum atomic E-state index is 12.2. The third-order valence-corrected chi connectivity index (χ3v) is 3.92. The Morgan fingerprint density at radius 3 is 2.65 bits per heavy atom. The molecule has 0 saturated carbocycles. The first-order chi connectivity index (χ1) is 12.7. The van der Waals surface area contributed by atoms with Crippen LogP contribution in [0.15, 0.2) is 72.0 Å². The molecule has 0 radical (unpaired) electrons. The second-order valence-corrected chi connectivity index (χ2v) is 5.78. The number of H-pyrrole nitrogens is 1. The average molecular weight is 345 g/mol. The molecule has 4 rings (SSSR count). The standard InChI is InChI=1S/C19H15N5O2/c25-16-10-21-19(22-11-16)14-3-1-2-13(8-14)12-24-18(26)5-4-17(23-24)15-6-7-20-9-15/h1-11,20,25H,12H2. The molecule has 0 atom stereocenters. The number of benzene rings is 1. The minimum atomic E-state index is -0.171. The van der Waals surface area contributed by atoms with E-state index in [1.807, 2.05) is 42.7 Å². The molecule has 26 heavy (non-hydrogen) atoms. The van der Waals surface area contributed by atoms with Crippen LogP contribution >= 0.6 is 0 Å². The molecule has 0 amide bonds. The fourth-order valence-corrected chi connectivity index (χ4v) is 2.65. The molecule has 0 aliphatic heterocycles. The summed E-state index contributed by atoms with van der Waals surface area (Å²) in [4.78, 5) is 23.4. The van der Waals surface area contributed by atoms with E-state index in [1.54, 1.807) is 6.07 Å². The highest BCUT2D eigenvalue weighted by Gasteiger charge is 2.07. The van der Waals surface area contributed by atoms with E-state index in [-0.39, 0.29) is 11.3 Å². The first kappa shape index (κ1) is 15.8. The van der Waals surface area contributed by atoms with Gasteiger partial charge in [-0.3, -0.25) is 4.79 Å². The number of nitrogens with one attached hydrogen (secondary N) is 1. The summed E-state index contributed by atoms with van der Waals surface area (Å²) < 4.78 is 1.43. The fraction of sp³-hybridized carbons (Fsp3) is 0.0526. The van der Waals surface area contributed by atoms with Gasteiger partial charge >= 0.3 is 0 Å². The number of rotatable bonds is 4. The van der Waals surface area contributed by atoms with Crippen LogP contribution in [-0.2, 0) is 6.54 Å². The normalized spacial score (nSPS) is 10.8. The molecule has 3 aromatic heterocycles. The second-order valence-electron chi connectivity index (χ2n) is 5.78. The van der Waals surface area contributed by atoms with Gasteiger partial charge in [0.25, 0.3) is 5.56 Å². The SMILES string of the molecule is O=c1ccc(-c2cc[nH]c2)nn1Cc1cccc(-c2ncc(O)cn2)c1. The fourth-order valence-electron chi connectivity index (χ4n) is 2.65. The van der Waals surface area contributed by atoms with Crippen molar-refractivity contribution in [1.29, 1.82) is 0 Å². The monoisotopic (exact) mass is 345 g/mol. The van der Waals surface area contributed by atoms with Crippen molar-refractivity contribution >= 4 is 0 Å². The van der Waals surface area contributed by atoms with E-state index in [4.69, 9.17) is 0 Å². The van der Waals surface area contributed by atoms with E-state index in [0.717, 1.165) is 22.4 Å². The molecular formula is C19H15N5O2. The lowest BCUT2D eigenvalue weighted by molar-refractivity contribution is 0.470. The number of hydrogen-bond donors (Lipinski definition) is 2. The molecular weight excluding hydrogens is 330 g/mol. The number of nitrogens with zero attached hydrogens (tertiary/aromatic N) is 4. The Hall–Kier alpha value is -3.74. The summed E-state index contributed by atoms with van der Waals surface area (Å²) in [7, 11) is 0. The zero-order valence-electron chi connectivity index (χ0n) is 13.7. The third kappa shape index (κ3) is 3.23. The first-order valence-electron chi connectivity index (χ1n) is 8.01. The minimum Gasteiger partial charge on any atom is -0.505 e. The van der Waals surface area contributed by atoms with Gasteiger partial charge in [0.1, 0.15) is 0 Å². The van der Waals surface area contributed by atoms with Gasteiger partial charge in [-0.25, -0.2) is 14.6 Å². The lowest BCUT2D eigenvalue weighted by atomic mass is 10.1. The van der Waals surface area contributed by atoms with Crippen molar-refractivity contribution in [2.24, 2.45) is 0 Å². The largest absolute Gasteiger partial charge is 0.505 e. The van der Waals surface area contributed by atoms with Crippen LogP contribution in [0.5, 0.6) is 5.75 Å². The Morgan fingerprint density at radius 1 is 1.04 bits per heavy atom. The Kier molecular flexibility index (Phi) is 4.03. The summed E-state index contributed by atoms with van der Waals surface area (Å²) in [5, 5.41) is 13.8.